The Bertz CT molecular complexity index is 447. The van der Waals surface area contributed by atoms with Crippen LogP contribution in [-0.2, 0) is 4.74 Å². The fraction of sp³-hybridized carbons (Fsp3) is 0.222. The number of nitrogen functional groups attached to an aromatic ring is 1. The van der Waals surface area contributed by atoms with E-state index in [4.69, 9.17) is 10.5 Å². The van der Waals surface area contributed by atoms with Crippen LogP contribution in [0.5, 0.6) is 0 Å². The summed E-state index contributed by atoms with van der Waals surface area (Å²) in [5.41, 5.74) is 5.02. The van der Waals surface area contributed by atoms with E-state index in [1.54, 1.807) is 6.92 Å². The predicted molar refractivity (Wildman–Crippen MR) is 61.2 cm³/mol. The highest BCUT2D eigenvalue weighted by molar-refractivity contribution is 9.10. The largest absolute Gasteiger partial charge is 0.462 e. The Labute approximate surface area is 99.7 Å². The maximum Gasteiger partial charge on any atom is 0.340 e. The van der Waals surface area contributed by atoms with Gasteiger partial charge in [0.2, 0.25) is 0 Å². The van der Waals surface area contributed by atoms with E-state index in [1.807, 2.05) is 0 Å². The summed E-state index contributed by atoms with van der Waals surface area (Å²) in [7, 11) is 0. The van der Waals surface area contributed by atoms with E-state index >= 15 is 0 Å². The van der Waals surface area contributed by atoms with Gasteiger partial charge < -0.3 is 10.5 Å². The second kappa shape index (κ2) is 4.93. The summed E-state index contributed by atoms with van der Waals surface area (Å²) in [4.78, 5) is 21.5. The molecule has 7 heteroatoms. The van der Waals surface area contributed by atoms with Crippen LogP contribution in [0.1, 0.15) is 17.3 Å². The van der Waals surface area contributed by atoms with Crippen molar-refractivity contribution in [2.24, 2.45) is 0 Å². The average molecular weight is 289 g/mol. The molecule has 1 aromatic rings. The smallest absolute Gasteiger partial charge is 0.340 e. The molecule has 0 radical (unpaired) electrons. The lowest BCUT2D eigenvalue weighted by atomic mass is 10.1. The highest BCUT2D eigenvalue weighted by Crippen LogP contribution is 2.33. The van der Waals surface area contributed by atoms with Crippen molar-refractivity contribution >= 4 is 33.3 Å². The van der Waals surface area contributed by atoms with Gasteiger partial charge >= 0.3 is 11.7 Å². The predicted octanol–water partition coefficient (Wildman–Crippen LogP) is 2.12. The Kier molecular flexibility index (Phi) is 3.83. The van der Waals surface area contributed by atoms with Crippen LogP contribution in [-0.4, -0.2) is 17.5 Å². The van der Waals surface area contributed by atoms with Gasteiger partial charge in [0.15, 0.2) is 0 Å². The van der Waals surface area contributed by atoms with Crippen molar-refractivity contribution in [3.8, 4) is 0 Å². The molecular formula is C9H9BrN2O4. The molecule has 1 aromatic carbocycles. The number of nitro benzene ring substituents is 1. The minimum atomic E-state index is -0.671. The number of esters is 1. The van der Waals surface area contributed by atoms with Gasteiger partial charge in [-0.2, -0.15) is 0 Å². The Morgan fingerprint density at radius 3 is 2.75 bits per heavy atom. The van der Waals surface area contributed by atoms with Crippen molar-refractivity contribution in [1.29, 1.82) is 0 Å². The topological polar surface area (TPSA) is 95.5 Å². The second-order valence-corrected chi connectivity index (χ2v) is 3.69. The molecule has 86 valence electrons. The molecule has 0 fully saturated rings. The van der Waals surface area contributed by atoms with Crippen LogP contribution in [0, 0.1) is 10.1 Å². The Hall–Kier alpha value is -1.63. The molecule has 0 aromatic heterocycles. The molecule has 0 aliphatic rings. The monoisotopic (exact) mass is 288 g/mol. The summed E-state index contributed by atoms with van der Waals surface area (Å²) >= 11 is 3.00. The van der Waals surface area contributed by atoms with Crippen LogP contribution in [0.25, 0.3) is 0 Å². The molecule has 0 aliphatic carbocycles. The molecule has 0 saturated heterocycles. The van der Waals surface area contributed by atoms with E-state index in [9.17, 15) is 14.9 Å². The van der Waals surface area contributed by atoms with Gasteiger partial charge in [-0.1, -0.05) is 0 Å². The van der Waals surface area contributed by atoms with E-state index in [-0.39, 0.29) is 28.0 Å². The Morgan fingerprint density at radius 1 is 1.62 bits per heavy atom. The lowest BCUT2D eigenvalue weighted by Gasteiger charge is -2.06. The van der Waals surface area contributed by atoms with Gasteiger partial charge in [-0.15, -0.1) is 0 Å². The molecule has 0 bridgehead atoms. The number of nitro groups is 1. The maximum atomic E-state index is 11.4. The first-order valence-electron chi connectivity index (χ1n) is 4.38. The minimum Gasteiger partial charge on any atom is -0.462 e. The molecule has 0 aliphatic heterocycles. The zero-order chi connectivity index (χ0) is 12.3. The van der Waals surface area contributed by atoms with Crippen LogP contribution < -0.4 is 5.73 Å². The minimum absolute atomic E-state index is 0.00301. The number of nitrogens with zero attached hydrogens (tertiary/aromatic N) is 1. The average Bonchev–Trinajstić information content (AvgIpc) is 2.17. The summed E-state index contributed by atoms with van der Waals surface area (Å²) in [6.07, 6.45) is 0. The van der Waals surface area contributed by atoms with Gasteiger partial charge in [-0.05, 0) is 35.0 Å². The lowest BCUT2D eigenvalue weighted by Crippen LogP contribution is -2.09. The van der Waals surface area contributed by atoms with Crippen molar-refractivity contribution < 1.29 is 14.5 Å². The van der Waals surface area contributed by atoms with E-state index in [0.29, 0.717) is 0 Å². The van der Waals surface area contributed by atoms with Crippen molar-refractivity contribution in [3.63, 3.8) is 0 Å². The number of rotatable bonds is 3. The molecule has 0 spiro atoms. The first-order valence-corrected chi connectivity index (χ1v) is 5.17. The number of carbonyl (C=O) groups is 1. The number of nitrogens with two attached hydrogens (primary N) is 1. The number of halogens is 1. The lowest BCUT2D eigenvalue weighted by molar-refractivity contribution is -0.384. The van der Waals surface area contributed by atoms with Crippen LogP contribution in [0.3, 0.4) is 0 Å². The molecule has 6 nitrogen and oxygen atoms in total. The summed E-state index contributed by atoms with van der Waals surface area (Å²) in [5.74, 6) is -0.671. The van der Waals surface area contributed by atoms with Crippen molar-refractivity contribution in [3.05, 3.63) is 32.3 Å². The fourth-order valence-electron chi connectivity index (χ4n) is 1.15. The fourth-order valence-corrected chi connectivity index (χ4v) is 1.64. The van der Waals surface area contributed by atoms with Crippen LogP contribution in [0.4, 0.5) is 11.4 Å². The molecule has 0 saturated carbocycles. The number of ether oxygens (including phenoxy) is 1. The van der Waals surface area contributed by atoms with Gasteiger partial charge in [0.05, 0.1) is 21.6 Å². The van der Waals surface area contributed by atoms with Gasteiger partial charge in [-0.25, -0.2) is 4.79 Å². The van der Waals surface area contributed by atoms with Gasteiger partial charge in [0.25, 0.3) is 0 Å². The standard InChI is InChI=1S/C9H9BrN2O4/c1-2-16-9(13)5-3-4-6(10)8(7(5)11)12(14)15/h3-4H,2,11H2,1H3. The third-order valence-corrected chi connectivity index (χ3v) is 2.49. The van der Waals surface area contributed by atoms with Crippen molar-refractivity contribution in [1.82, 2.24) is 0 Å². The highest BCUT2D eigenvalue weighted by atomic mass is 79.9. The van der Waals surface area contributed by atoms with E-state index < -0.39 is 10.9 Å². The number of anilines is 1. The maximum absolute atomic E-state index is 11.4. The summed E-state index contributed by atoms with van der Waals surface area (Å²) in [6.45, 7) is 1.82. The van der Waals surface area contributed by atoms with Crippen LogP contribution in [0.2, 0.25) is 0 Å². The van der Waals surface area contributed by atoms with Gasteiger partial charge in [0.1, 0.15) is 5.69 Å². The first-order chi connectivity index (χ1) is 7.49. The molecule has 16 heavy (non-hydrogen) atoms. The van der Waals surface area contributed by atoms with Crippen LogP contribution in [0.15, 0.2) is 16.6 Å². The number of hydrogen-bond donors (Lipinski definition) is 1. The third kappa shape index (κ3) is 2.30. The van der Waals surface area contributed by atoms with E-state index in [2.05, 4.69) is 15.9 Å². The number of carbonyl (C=O) groups excluding carboxylic acids is 1. The molecule has 1 rings (SSSR count). The van der Waals surface area contributed by atoms with E-state index in [0.717, 1.165) is 0 Å². The number of hydrogen-bond acceptors (Lipinski definition) is 5. The highest BCUT2D eigenvalue weighted by Gasteiger charge is 2.23. The Morgan fingerprint density at radius 2 is 2.25 bits per heavy atom. The summed E-state index contributed by atoms with van der Waals surface area (Å²) in [5, 5.41) is 10.7. The van der Waals surface area contributed by atoms with Gasteiger partial charge in [-0.3, -0.25) is 10.1 Å². The zero-order valence-corrected chi connectivity index (χ0v) is 9.98. The quantitative estimate of drug-likeness (QED) is 0.398. The molecule has 0 unspecified atom stereocenters. The van der Waals surface area contributed by atoms with Crippen molar-refractivity contribution in [2.45, 2.75) is 6.92 Å². The zero-order valence-electron chi connectivity index (χ0n) is 8.40. The van der Waals surface area contributed by atoms with Crippen molar-refractivity contribution in [2.75, 3.05) is 12.3 Å². The number of benzene rings is 1. The van der Waals surface area contributed by atoms with Gasteiger partial charge in [0, 0.05) is 0 Å². The first kappa shape index (κ1) is 12.4. The Balaban J connectivity index is 3.29. The third-order valence-electron chi connectivity index (χ3n) is 1.85. The van der Waals surface area contributed by atoms with E-state index in [1.165, 1.54) is 12.1 Å². The molecular weight excluding hydrogens is 280 g/mol. The molecule has 2 N–H and O–H groups in total. The SMILES string of the molecule is CCOC(=O)c1ccc(Br)c([N+](=O)[O-])c1N. The summed E-state index contributed by atoms with van der Waals surface area (Å²) in [6, 6.07) is 2.77. The molecule has 0 heterocycles. The molecule has 0 amide bonds. The summed E-state index contributed by atoms with van der Waals surface area (Å²) < 4.78 is 4.95. The normalized spacial score (nSPS) is 9.88. The molecule has 0 atom stereocenters. The second-order valence-electron chi connectivity index (χ2n) is 2.83. The van der Waals surface area contributed by atoms with Crippen LogP contribution >= 0.6 is 15.9 Å².